The molecule has 126 valence electrons. The Bertz CT molecular complexity index is 894. The summed E-state index contributed by atoms with van der Waals surface area (Å²) >= 11 is 6.47. The summed E-state index contributed by atoms with van der Waals surface area (Å²) in [6.45, 7) is 1.42. The maximum atomic E-state index is 13.3. The van der Waals surface area contributed by atoms with Gasteiger partial charge in [-0.2, -0.15) is 0 Å². The van der Waals surface area contributed by atoms with Crippen LogP contribution in [0.5, 0.6) is 0 Å². The summed E-state index contributed by atoms with van der Waals surface area (Å²) in [7, 11) is 0. The fourth-order valence-electron chi connectivity index (χ4n) is 2.34. The van der Waals surface area contributed by atoms with Crippen molar-refractivity contribution in [2.45, 2.75) is 6.92 Å². The van der Waals surface area contributed by atoms with Gasteiger partial charge in [0.15, 0.2) is 4.32 Å². The highest BCUT2D eigenvalue weighted by molar-refractivity contribution is 8.27. The average Bonchev–Trinajstić information content (AvgIpc) is 2.82. The lowest BCUT2D eigenvalue weighted by Crippen LogP contribution is -2.27. The van der Waals surface area contributed by atoms with Crippen LogP contribution in [0, 0.1) is 5.82 Å². The molecule has 0 aromatic heterocycles. The van der Waals surface area contributed by atoms with Crippen molar-refractivity contribution in [3.8, 4) is 0 Å². The second kappa shape index (κ2) is 7.16. The highest BCUT2D eigenvalue weighted by atomic mass is 32.2. The third-order valence-corrected chi connectivity index (χ3v) is 4.69. The number of nitrogens with zero attached hydrogens (tertiary/aromatic N) is 1. The topological polar surface area (TPSA) is 49.4 Å². The van der Waals surface area contributed by atoms with Gasteiger partial charge in [0.25, 0.3) is 5.91 Å². The maximum Gasteiger partial charge on any atom is 0.270 e. The van der Waals surface area contributed by atoms with Crippen molar-refractivity contribution in [3.63, 3.8) is 0 Å². The van der Waals surface area contributed by atoms with E-state index in [1.165, 1.54) is 35.7 Å². The van der Waals surface area contributed by atoms with Crippen LogP contribution in [-0.2, 0) is 9.59 Å². The predicted molar refractivity (Wildman–Crippen MR) is 103 cm³/mol. The smallest absolute Gasteiger partial charge is 0.270 e. The summed E-state index contributed by atoms with van der Waals surface area (Å²) < 4.78 is 13.7. The van der Waals surface area contributed by atoms with Gasteiger partial charge in [-0.25, -0.2) is 4.39 Å². The van der Waals surface area contributed by atoms with E-state index in [9.17, 15) is 14.0 Å². The minimum Gasteiger partial charge on any atom is -0.326 e. The van der Waals surface area contributed by atoms with E-state index in [2.05, 4.69) is 5.32 Å². The van der Waals surface area contributed by atoms with Crippen molar-refractivity contribution >= 4 is 57.6 Å². The number of carbonyl (C=O) groups excluding carboxylic acids is 2. The summed E-state index contributed by atoms with van der Waals surface area (Å²) in [5.74, 6) is -0.791. The molecule has 1 fully saturated rings. The number of hydrogen-bond donors (Lipinski definition) is 1. The third-order valence-electron chi connectivity index (χ3n) is 3.39. The molecule has 0 saturated carbocycles. The van der Waals surface area contributed by atoms with E-state index in [0.29, 0.717) is 26.2 Å². The number of hydrogen-bond acceptors (Lipinski definition) is 4. The van der Waals surface area contributed by atoms with Crippen LogP contribution in [0.2, 0.25) is 0 Å². The molecule has 0 aliphatic carbocycles. The highest BCUT2D eigenvalue weighted by Crippen LogP contribution is 2.36. The van der Waals surface area contributed by atoms with Gasteiger partial charge in [0.05, 0.1) is 10.6 Å². The Hall–Kier alpha value is -2.51. The maximum absolute atomic E-state index is 13.3. The van der Waals surface area contributed by atoms with Crippen molar-refractivity contribution in [2.75, 3.05) is 10.2 Å². The Kier molecular flexibility index (Phi) is 4.96. The molecule has 1 aliphatic rings. The molecule has 0 atom stereocenters. The summed E-state index contributed by atoms with van der Waals surface area (Å²) in [6, 6.07) is 12.8. The predicted octanol–water partition coefficient (Wildman–Crippen LogP) is 4.19. The number of benzene rings is 2. The molecule has 1 saturated heterocycles. The quantitative estimate of drug-likeness (QED) is 0.648. The van der Waals surface area contributed by atoms with Crippen LogP contribution in [0.1, 0.15) is 12.5 Å². The van der Waals surface area contributed by atoms with Gasteiger partial charge in [-0.05, 0) is 48.0 Å². The SMILES string of the molecule is CC(=O)Nc1ccc(N2C(=O)/C(=C/c3cccc(F)c3)SC2=S)cc1. The molecule has 4 nitrogen and oxygen atoms in total. The summed E-state index contributed by atoms with van der Waals surface area (Å²) in [6.07, 6.45) is 1.62. The Labute approximate surface area is 153 Å². The van der Waals surface area contributed by atoms with Crippen LogP contribution in [0.3, 0.4) is 0 Å². The first kappa shape index (κ1) is 17.3. The van der Waals surface area contributed by atoms with E-state index in [1.807, 2.05) is 0 Å². The molecule has 1 heterocycles. The second-order valence-corrected chi connectivity index (χ2v) is 6.98. The van der Waals surface area contributed by atoms with Gasteiger partial charge in [0.1, 0.15) is 5.82 Å². The normalized spacial score (nSPS) is 15.8. The van der Waals surface area contributed by atoms with Gasteiger partial charge in [-0.1, -0.05) is 36.1 Å². The number of amides is 2. The number of anilines is 2. The molecular weight excluding hydrogens is 359 g/mol. The zero-order valence-corrected chi connectivity index (χ0v) is 14.8. The van der Waals surface area contributed by atoms with Crippen molar-refractivity contribution in [1.29, 1.82) is 0 Å². The summed E-state index contributed by atoms with van der Waals surface area (Å²) in [5, 5.41) is 2.66. The van der Waals surface area contributed by atoms with E-state index in [0.717, 1.165) is 0 Å². The number of carbonyl (C=O) groups is 2. The number of rotatable bonds is 3. The van der Waals surface area contributed by atoms with Gasteiger partial charge in [0, 0.05) is 12.6 Å². The molecule has 0 radical (unpaired) electrons. The van der Waals surface area contributed by atoms with Gasteiger partial charge < -0.3 is 5.32 Å². The molecule has 1 N–H and O–H groups in total. The first-order valence-corrected chi connectivity index (χ1v) is 8.58. The molecule has 25 heavy (non-hydrogen) atoms. The minimum atomic E-state index is -0.363. The van der Waals surface area contributed by atoms with Crippen LogP contribution in [0.4, 0.5) is 15.8 Å². The summed E-state index contributed by atoms with van der Waals surface area (Å²) in [4.78, 5) is 25.6. The van der Waals surface area contributed by atoms with Gasteiger partial charge >= 0.3 is 0 Å². The number of thioether (sulfide) groups is 1. The summed E-state index contributed by atoms with van der Waals surface area (Å²) in [5.41, 5.74) is 1.85. The molecule has 0 spiro atoms. The average molecular weight is 372 g/mol. The molecule has 2 amide bonds. The molecule has 7 heteroatoms. The number of nitrogens with one attached hydrogen (secondary N) is 1. The second-order valence-electron chi connectivity index (χ2n) is 5.30. The lowest BCUT2D eigenvalue weighted by molar-refractivity contribution is -0.114. The van der Waals surface area contributed by atoms with Crippen LogP contribution in [0.15, 0.2) is 53.4 Å². The van der Waals surface area contributed by atoms with E-state index >= 15 is 0 Å². The Morgan fingerprint density at radius 1 is 1.24 bits per heavy atom. The fourth-order valence-corrected chi connectivity index (χ4v) is 3.63. The molecule has 3 rings (SSSR count). The zero-order valence-electron chi connectivity index (χ0n) is 13.2. The van der Waals surface area contributed by atoms with Crippen molar-refractivity contribution in [1.82, 2.24) is 0 Å². The first-order chi connectivity index (χ1) is 11.9. The number of thiocarbonyl (C=S) groups is 1. The van der Waals surface area contributed by atoms with Crippen molar-refractivity contribution < 1.29 is 14.0 Å². The molecule has 0 bridgehead atoms. The Morgan fingerprint density at radius 2 is 1.96 bits per heavy atom. The van der Waals surface area contributed by atoms with Crippen LogP contribution in [-0.4, -0.2) is 16.1 Å². The van der Waals surface area contributed by atoms with E-state index in [-0.39, 0.29) is 17.6 Å². The molecular formula is C18H13FN2O2S2. The Balaban J connectivity index is 1.85. The zero-order chi connectivity index (χ0) is 18.0. The lowest BCUT2D eigenvalue weighted by atomic mass is 10.2. The largest absolute Gasteiger partial charge is 0.326 e. The van der Waals surface area contributed by atoms with Gasteiger partial charge in [-0.3, -0.25) is 14.5 Å². The molecule has 0 unspecified atom stereocenters. The van der Waals surface area contributed by atoms with Crippen LogP contribution < -0.4 is 10.2 Å². The van der Waals surface area contributed by atoms with Crippen molar-refractivity contribution in [2.24, 2.45) is 0 Å². The monoisotopic (exact) mass is 372 g/mol. The van der Waals surface area contributed by atoms with Gasteiger partial charge in [-0.15, -0.1) is 0 Å². The number of halogens is 1. The highest BCUT2D eigenvalue weighted by Gasteiger charge is 2.33. The third kappa shape index (κ3) is 3.94. The molecule has 1 aliphatic heterocycles. The Morgan fingerprint density at radius 3 is 2.60 bits per heavy atom. The molecule has 2 aromatic rings. The molecule has 2 aromatic carbocycles. The minimum absolute atomic E-state index is 0.170. The van der Waals surface area contributed by atoms with Gasteiger partial charge in [0.2, 0.25) is 5.91 Å². The van der Waals surface area contributed by atoms with Crippen molar-refractivity contribution in [3.05, 3.63) is 64.8 Å². The van der Waals surface area contributed by atoms with E-state index in [1.54, 1.807) is 42.5 Å². The van der Waals surface area contributed by atoms with E-state index < -0.39 is 0 Å². The first-order valence-electron chi connectivity index (χ1n) is 7.35. The van der Waals surface area contributed by atoms with E-state index in [4.69, 9.17) is 12.2 Å². The van der Waals surface area contributed by atoms with Crippen LogP contribution in [0.25, 0.3) is 6.08 Å². The standard InChI is InChI=1S/C18H13FN2O2S2/c1-11(22)20-14-5-7-15(8-6-14)21-17(23)16(25-18(21)24)10-12-3-2-4-13(19)9-12/h2-10H,1H3,(H,20,22)/b16-10-. The fraction of sp³-hybridized carbons (Fsp3) is 0.0556. The van der Waals surface area contributed by atoms with Crippen LogP contribution >= 0.6 is 24.0 Å². The lowest BCUT2D eigenvalue weighted by Gasteiger charge is -2.15.